The van der Waals surface area contributed by atoms with Gasteiger partial charge in [0.05, 0.1) is 18.4 Å². The molecule has 0 unspecified atom stereocenters. The minimum absolute atomic E-state index is 0.0888. The number of anilines is 2. The minimum Gasteiger partial charge on any atom is -0.379 e. The predicted molar refractivity (Wildman–Crippen MR) is 84.7 cm³/mol. The van der Waals surface area contributed by atoms with Crippen molar-refractivity contribution in [2.24, 2.45) is 7.05 Å². The Morgan fingerprint density at radius 1 is 1.38 bits per heavy atom. The highest BCUT2D eigenvalue weighted by molar-refractivity contribution is 5.94. The van der Waals surface area contributed by atoms with Gasteiger partial charge in [-0.1, -0.05) is 6.07 Å². The van der Waals surface area contributed by atoms with Gasteiger partial charge < -0.3 is 20.1 Å². The average molecular weight is 287 g/mol. The van der Waals surface area contributed by atoms with Crippen LogP contribution in [0.5, 0.6) is 0 Å². The molecule has 0 aliphatic heterocycles. The largest absolute Gasteiger partial charge is 0.379 e. The summed E-state index contributed by atoms with van der Waals surface area (Å²) in [6, 6.07) is 7.43. The third-order valence-corrected chi connectivity index (χ3v) is 3.29. The molecular weight excluding hydrogens is 266 g/mol. The van der Waals surface area contributed by atoms with Crippen LogP contribution in [0.25, 0.3) is 0 Å². The van der Waals surface area contributed by atoms with Gasteiger partial charge in [0.25, 0.3) is 5.91 Å². The lowest BCUT2D eigenvalue weighted by atomic mass is 10.2. The number of benzene rings is 1. The fourth-order valence-electron chi connectivity index (χ4n) is 2.12. The molecule has 1 aromatic heterocycles. The number of carbonyl (C=O) groups excluding carboxylic acids is 1. The zero-order valence-electron chi connectivity index (χ0n) is 12.8. The monoisotopic (exact) mass is 287 g/mol. The molecule has 0 radical (unpaired) electrons. The van der Waals surface area contributed by atoms with Crippen molar-refractivity contribution in [2.45, 2.75) is 6.54 Å². The molecule has 6 heteroatoms. The second kappa shape index (κ2) is 6.30. The Balaban J connectivity index is 2.08. The zero-order chi connectivity index (χ0) is 15.4. The maximum Gasteiger partial charge on any atom is 0.251 e. The number of hydrogen-bond acceptors (Lipinski definition) is 4. The Labute approximate surface area is 124 Å². The number of hydrogen-bond donors (Lipinski definition) is 2. The molecule has 0 bridgehead atoms. The standard InChI is InChI=1S/C15H21N5O/c1-16-14(21)11-6-5-7-12(8-11)17-9-13-10-18-15(19(2)3)20(13)4/h5-8,10,17H,9H2,1-4H3,(H,16,21). The highest BCUT2D eigenvalue weighted by Gasteiger charge is 2.08. The van der Waals surface area contributed by atoms with E-state index in [0.29, 0.717) is 12.1 Å². The van der Waals surface area contributed by atoms with Gasteiger partial charge in [-0.2, -0.15) is 0 Å². The molecule has 0 atom stereocenters. The topological polar surface area (TPSA) is 62.2 Å². The van der Waals surface area contributed by atoms with Gasteiger partial charge in [0.15, 0.2) is 0 Å². The zero-order valence-corrected chi connectivity index (χ0v) is 12.8. The first-order valence-corrected chi connectivity index (χ1v) is 6.77. The van der Waals surface area contributed by atoms with Crippen LogP contribution < -0.4 is 15.5 Å². The molecule has 2 N–H and O–H groups in total. The summed E-state index contributed by atoms with van der Waals surface area (Å²) in [5.74, 6) is 0.819. The molecule has 0 saturated heterocycles. The van der Waals surface area contributed by atoms with E-state index in [4.69, 9.17) is 0 Å². The van der Waals surface area contributed by atoms with E-state index in [9.17, 15) is 4.79 Å². The summed E-state index contributed by atoms with van der Waals surface area (Å²) in [7, 11) is 7.54. The first kappa shape index (κ1) is 14.9. The van der Waals surface area contributed by atoms with Crippen LogP contribution in [0.15, 0.2) is 30.5 Å². The maximum absolute atomic E-state index is 11.6. The average Bonchev–Trinajstić information content (AvgIpc) is 2.85. The van der Waals surface area contributed by atoms with Crippen LogP contribution in [0.2, 0.25) is 0 Å². The van der Waals surface area contributed by atoms with Crippen molar-refractivity contribution in [1.82, 2.24) is 14.9 Å². The van der Waals surface area contributed by atoms with E-state index in [0.717, 1.165) is 17.3 Å². The van der Waals surface area contributed by atoms with Crippen LogP contribution in [0.1, 0.15) is 16.1 Å². The van der Waals surface area contributed by atoms with Crippen molar-refractivity contribution in [2.75, 3.05) is 31.4 Å². The number of rotatable bonds is 5. The second-order valence-corrected chi connectivity index (χ2v) is 5.02. The van der Waals surface area contributed by atoms with Gasteiger partial charge in [-0.05, 0) is 18.2 Å². The van der Waals surface area contributed by atoms with E-state index in [1.54, 1.807) is 13.1 Å². The van der Waals surface area contributed by atoms with Gasteiger partial charge in [-0.3, -0.25) is 4.79 Å². The second-order valence-electron chi connectivity index (χ2n) is 5.02. The predicted octanol–water partition coefficient (Wildman–Crippen LogP) is 1.46. The first-order chi connectivity index (χ1) is 10.0. The number of nitrogens with one attached hydrogen (secondary N) is 2. The summed E-state index contributed by atoms with van der Waals surface area (Å²) >= 11 is 0. The highest BCUT2D eigenvalue weighted by Crippen LogP contribution is 2.15. The molecule has 0 saturated carbocycles. The first-order valence-electron chi connectivity index (χ1n) is 6.77. The molecule has 6 nitrogen and oxygen atoms in total. The summed E-state index contributed by atoms with van der Waals surface area (Å²) in [4.78, 5) is 18.0. The number of carbonyl (C=O) groups is 1. The summed E-state index contributed by atoms with van der Waals surface area (Å²) in [5.41, 5.74) is 2.62. The lowest BCUT2D eigenvalue weighted by Gasteiger charge is -2.13. The Bertz CT molecular complexity index is 633. The van der Waals surface area contributed by atoms with E-state index < -0.39 is 0 Å². The summed E-state index contributed by atoms with van der Waals surface area (Å²) in [6.45, 7) is 0.647. The molecular formula is C15H21N5O. The Morgan fingerprint density at radius 3 is 2.76 bits per heavy atom. The summed E-state index contributed by atoms with van der Waals surface area (Å²) in [5, 5.41) is 5.93. The van der Waals surface area contributed by atoms with E-state index in [1.807, 2.05) is 55.0 Å². The number of aromatic nitrogens is 2. The SMILES string of the molecule is CNC(=O)c1cccc(NCc2cnc(N(C)C)n2C)c1. The van der Waals surface area contributed by atoms with Crippen LogP contribution in [-0.4, -0.2) is 36.6 Å². The molecule has 1 aromatic carbocycles. The fraction of sp³-hybridized carbons (Fsp3) is 0.333. The van der Waals surface area contributed by atoms with Gasteiger partial charge >= 0.3 is 0 Å². The van der Waals surface area contributed by atoms with Crippen molar-refractivity contribution >= 4 is 17.5 Å². The molecule has 1 heterocycles. The van der Waals surface area contributed by atoms with Crippen LogP contribution in [0.3, 0.4) is 0 Å². The van der Waals surface area contributed by atoms with E-state index >= 15 is 0 Å². The fourth-order valence-corrected chi connectivity index (χ4v) is 2.12. The van der Waals surface area contributed by atoms with Crippen molar-refractivity contribution in [1.29, 1.82) is 0 Å². The van der Waals surface area contributed by atoms with Gasteiger partial charge in [-0.25, -0.2) is 4.98 Å². The quantitative estimate of drug-likeness (QED) is 0.874. The van der Waals surface area contributed by atoms with Gasteiger partial charge in [0, 0.05) is 39.4 Å². The summed E-state index contributed by atoms with van der Waals surface area (Å²) < 4.78 is 2.04. The van der Waals surface area contributed by atoms with E-state index in [1.165, 1.54) is 0 Å². The third-order valence-electron chi connectivity index (χ3n) is 3.29. The molecule has 112 valence electrons. The molecule has 21 heavy (non-hydrogen) atoms. The van der Waals surface area contributed by atoms with E-state index in [2.05, 4.69) is 15.6 Å². The van der Waals surface area contributed by atoms with Crippen molar-refractivity contribution in [3.8, 4) is 0 Å². The van der Waals surface area contributed by atoms with Crippen molar-refractivity contribution in [3.63, 3.8) is 0 Å². The van der Waals surface area contributed by atoms with Crippen molar-refractivity contribution in [3.05, 3.63) is 41.7 Å². The molecule has 0 aliphatic rings. The number of nitrogens with zero attached hydrogens (tertiary/aromatic N) is 3. The van der Waals surface area contributed by atoms with Crippen molar-refractivity contribution < 1.29 is 4.79 Å². The number of imidazole rings is 1. The van der Waals surface area contributed by atoms with Gasteiger partial charge in [0.2, 0.25) is 5.95 Å². The van der Waals surface area contributed by atoms with Crippen LogP contribution in [-0.2, 0) is 13.6 Å². The lowest BCUT2D eigenvalue weighted by molar-refractivity contribution is 0.0963. The number of amides is 1. The third kappa shape index (κ3) is 3.34. The van der Waals surface area contributed by atoms with Crippen LogP contribution in [0.4, 0.5) is 11.6 Å². The normalized spacial score (nSPS) is 10.3. The summed E-state index contributed by atoms with van der Waals surface area (Å²) in [6.07, 6.45) is 1.85. The minimum atomic E-state index is -0.0888. The van der Waals surface area contributed by atoms with Crippen LogP contribution in [0, 0.1) is 0 Å². The molecule has 0 fully saturated rings. The Morgan fingerprint density at radius 2 is 2.14 bits per heavy atom. The highest BCUT2D eigenvalue weighted by atomic mass is 16.1. The van der Waals surface area contributed by atoms with E-state index in [-0.39, 0.29) is 5.91 Å². The molecule has 2 rings (SSSR count). The van der Waals surface area contributed by atoms with Crippen LogP contribution >= 0.6 is 0 Å². The van der Waals surface area contributed by atoms with Gasteiger partial charge in [-0.15, -0.1) is 0 Å². The molecule has 1 amide bonds. The Hall–Kier alpha value is -2.50. The molecule has 2 aromatic rings. The van der Waals surface area contributed by atoms with Gasteiger partial charge in [0.1, 0.15) is 0 Å². The molecule has 0 aliphatic carbocycles. The maximum atomic E-state index is 11.6. The lowest BCUT2D eigenvalue weighted by Crippen LogP contribution is -2.18. The molecule has 0 spiro atoms. The Kier molecular flexibility index (Phi) is 4.47. The smallest absolute Gasteiger partial charge is 0.251 e.